The lowest BCUT2D eigenvalue weighted by atomic mass is 10.0. The number of aliphatic hydroxyl groups excluding tert-OH is 1. The van der Waals surface area contributed by atoms with E-state index in [1.165, 1.54) is 0 Å². The Bertz CT molecular complexity index is 438. The van der Waals surface area contributed by atoms with Crippen molar-refractivity contribution in [2.24, 2.45) is 5.73 Å². The molecule has 0 aliphatic heterocycles. The Labute approximate surface area is 88.1 Å². The normalized spacial score (nSPS) is 13.2. The fourth-order valence-electron chi connectivity index (χ4n) is 1.66. The van der Waals surface area contributed by atoms with Crippen LogP contribution in [0.25, 0.3) is 11.0 Å². The van der Waals surface area contributed by atoms with Crippen LogP contribution in [0.1, 0.15) is 24.4 Å². The summed E-state index contributed by atoms with van der Waals surface area (Å²) in [4.78, 5) is 7.20. The van der Waals surface area contributed by atoms with E-state index >= 15 is 0 Å². The minimum Gasteiger partial charge on any atom is -0.396 e. The van der Waals surface area contributed by atoms with Gasteiger partial charge in [-0.2, -0.15) is 0 Å². The Morgan fingerprint density at radius 1 is 1.47 bits per heavy atom. The number of nitrogens with zero attached hydrogens (tertiary/aromatic N) is 1. The van der Waals surface area contributed by atoms with E-state index in [4.69, 9.17) is 10.8 Å². The predicted octanol–water partition coefficient (Wildman–Crippen LogP) is 1.34. The fourth-order valence-corrected chi connectivity index (χ4v) is 1.66. The van der Waals surface area contributed by atoms with Crippen LogP contribution in [0.3, 0.4) is 0 Å². The second kappa shape index (κ2) is 4.42. The molecule has 1 aromatic heterocycles. The standard InChI is InChI=1S/C11H15N3O/c12-9(2-1-5-15)8-3-4-10-11(6-8)14-7-13-10/h3-4,6-7,9,15H,1-2,5,12H2,(H,13,14). The summed E-state index contributed by atoms with van der Waals surface area (Å²) in [5.41, 5.74) is 9.04. The van der Waals surface area contributed by atoms with Crippen LogP contribution in [0.5, 0.6) is 0 Å². The molecular formula is C11H15N3O. The van der Waals surface area contributed by atoms with Crippen molar-refractivity contribution in [3.05, 3.63) is 30.1 Å². The number of hydrogen-bond acceptors (Lipinski definition) is 3. The van der Waals surface area contributed by atoms with Gasteiger partial charge >= 0.3 is 0 Å². The zero-order valence-electron chi connectivity index (χ0n) is 8.48. The molecule has 4 N–H and O–H groups in total. The van der Waals surface area contributed by atoms with Gasteiger partial charge in [0.25, 0.3) is 0 Å². The Hall–Kier alpha value is -1.39. The molecule has 15 heavy (non-hydrogen) atoms. The minimum absolute atomic E-state index is 0.00940. The first-order valence-electron chi connectivity index (χ1n) is 5.10. The number of aliphatic hydroxyl groups is 1. The van der Waals surface area contributed by atoms with Gasteiger partial charge in [-0.15, -0.1) is 0 Å². The van der Waals surface area contributed by atoms with Crippen LogP contribution in [-0.2, 0) is 0 Å². The van der Waals surface area contributed by atoms with E-state index in [2.05, 4.69) is 9.97 Å². The maximum absolute atomic E-state index is 8.73. The first-order chi connectivity index (χ1) is 7.31. The lowest BCUT2D eigenvalue weighted by Gasteiger charge is -2.10. The van der Waals surface area contributed by atoms with Crippen molar-refractivity contribution in [3.63, 3.8) is 0 Å². The van der Waals surface area contributed by atoms with Gasteiger partial charge in [-0.1, -0.05) is 6.07 Å². The molecule has 1 unspecified atom stereocenters. The number of nitrogens with one attached hydrogen (secondary N) is 1. The van der Waals surface area contributed by atoms with Crippen molar-refractivity contribution in [3.8, 4) is 0 Å². The van der Waals surface area contributed by atoms with Crippen LogP contribution in [0, 0.1) is 0 Å². The summed E-state index contributed by atoms with van der Waals surface area (Å²) in [7, 11) is 0. The number of aromatic amines is 1. The van der Waals surface area contributed by atoms with Gasteiger partial charge < -0.3 is 15.8 Å². The number of hydrogen-bond donors (Lipinski definition) is 3. The number of benzene rings is 1. The zero-order valence-corrected chi connectivity index (χ0v) is 8.48. The molecular weight excluding hydrogens is 190 g/mol. The summed E-state index contributed by atoms with van der Waals surface area (Å²) in [6.45, 7) is 0.194. The molecule has 1 aromatic carbocycles. The number of nitrogens with two attached hydrogens (primary N) is 1. The van der Waals surface area contributed by atoms with E-state index < -0.39 is 0 Å². The highest BCUT2D eigenvalue weighted by Crippen LogP contribution is 2.19. The molecule has 0 fully saturated rings. The van der Waals surface area contributed by atoms with Crippen molar-refractivity contribution in [1.29, 1.82) is 0 Å². The SMILES string of the molecule is NC(CCCO)c1ccc2nc[nH]c2c1. The molecule has 1 atom stereocenters. The van der Waals surface area contributed by atoms with E-state index in [0.717, 1.165) is 29.4 Å². The van der Waals surface area contributed by atoms with E-state index in [-0.39, 0.29) is 12.6 Å². The summed E-state index contributed by atoms with van der Waals surface area (Å²) in [5.74, 6) is 0. The van der Waals surface area contributed by atoms with Gasteiger partial charge in [-0.25, -0.2) is 4.98 Å². The molecule has 2 aromatic rings. The predicted molar refractivity (Wildman–Crippen MR) is 59.3 cm³/mol. The average molecular weight is 205 g/mol. The topological polar surface area (TPSA) is 74.9 Å². The van der Waals surface area contributed by atoms with Gasteiger partial charge in [0.1, 0.15) is 0 Å². The summed E-state index contributed by atoms with van der Waals surface area (Å²) in [5, 5.41) is 8.73. The van der Waals surface area contributed by atoms with Gasteiger partial charge in [-0.05, 0) is 30.5 Å². The summed E-state index contributed by atoms with van der Waals surface area (Å²) < 4.78 is 0. The number of imidazole rings is 1. The van der Waals surface area contributed by atoms with E-state index in [9.17, 15) is 0 Å². The molecule has 2 rings (SSSR count). The first-order valence-corrected chi connectivity index (χ1v) is 5.10. The van der Waals surface area contributed by atoms with Crippen LogP contribution >= 0.6 is 0 Å². The summed E-state index contributed by atoms with van der Waals surface area (Å²) in [6, 6.07) is 5.96. The summed E-state index contributed by atoms with van der Waals surface area (Å²) >= 11 is 0. The lowest BCUT2D eigenvalue weighted by molar-refractivity contribution is 0.280. The minimum atomic E-state index is -0.00940. The van der Waals surface area contributed by atoms with Gasteiger partial charge in [0.05, 0.1) is 17.4 Å². The maximum Gasteiger partial charge on any atom is 0.0931 e. The highest BCUT2D eigenvalue weighted by molar-refractivity contribution is 5.75. The molecule has 4 nitrogen and oxygen atoms in total. The quantitative estimate of drug-likeness (QED) is 0.705. The third kappa shape index (κ3) is 2.16. The van der Waals surface area contributed by atoms with Gasteiger partial charge in [0, 0.05) is 12.6 Å². The van der Waals surface area contributed by atoms with Crippen molar-refractivity contribution in [1.82, 2.24) is 9.97 Å². The van der Waals surface area contributed by atoms with Crippen LogP contribution in [0.4, 0.5) is 0 Å². The van der Waals surface area contributed by atoms with E-state index in [1.54, 1.807) is 6.33 Å². The molecule has 0 spiro atoms. The summed E-state index contributed by atoms with van der Waals surface area (Å²) in [6.07, 6.45) is 3.21. The Balaban J connectivity index is 2.19. The van der Waals surface area contributed by atoms with Crippen molar-refractivity contribution in [2.45, 2.75) is 18.9 Å². The van der Waals surface area contributed by atoms with E-state index in [0.29, 0.717) is 0 Å². The fraction of sp³-hybridized carbons (Fsp3) is 0.364. The zero-order chi connectivity index (χ0) is 10.7. The van der Waals surface area contributed by atoms with Gasteiger partial charge in [-0.3, -0.25) is 0 Å². The third-order valence-corrected chi connectivity index (χ3v) is 2.55. The van der Waals surface area contributed by atoms with Crippen molar-refractivity contribution in [2.75, 3.05) is 6.61 Å². The highest BCUT2D eigenvalue weighted by Gasteiger charge is 2.06. The van der Waals surface area contributed by atoms with Gasteiger partial charge in [0.2, 0.25) is 0 Å². The number of rotatable bonds is 4. The van der Waals surface area contributed by atoms with Crippen LogP contribution < -0.4 is 5.73 Å². The maximum atomic E-state index is 8.73. The lowest BCUT2D eigenvalue weighted by Crippen LogP contribution is -2.10. The average Bonchev–Trinajstić information content (AvgIpc) is 2.72. The third-order valence-electron chi connectivity index (χ3n) is 2.55. The Kier molecular flexibility index (Phi) is 2.99. The second-order valence-electron chi connectivity index (χ2n) is 3.65. The number of fused-ring (bicyclic) bond motifs is 1. The molecule has 0 bridgehead atoms. The Morgan fingerprint density at radius 2 is 2.33 bits per heavy atom. The van der Waals surface area contributed by atoms with Crippen molar-refractivity contribution >= 4 is 11.0 Å². The smallest absolute Gasteiger partial charge is 0.0931 e. The van der Waals surface area contributed by atoms with Crippen LogP contribution in [-0.4, -0.2) is 21.7 Å². The number of aromatic nitrogens is 2. The highest BCUT2D eigenvalue weighted by atomic mass is 16.2. The molecule has 1 heterocycles. The second-order valence-corrected chi connectivity index (χ2v) is 3.65. The molecule has 0 radical (unpaired) electrons. The van der Waals surface area contributed by atoms with Crippen molar-refractivity contribution < 1.29 is 5.11 Å². The largest absolute Gasteiger partial charge is 0.396 e. The van der Waals surface area contributed by atoms with Gasteiger partial charge in [0.15, 0.2) is 0 Å². The molecule has 0 saturated carbocycles. The molecule has 0 saturated heterocycles. The first kappa shape index (κ1) is 10.1. The Morgan fingerprint density at radius 3 is 3.13 bits per heavy atom. The monoisotopic (exact) mass is 205 g/mol. The van der Waals surface area contributed by atoms with E-state index in [1.807, 2.05) is 18.2 Å². The van der Waals surface area contributed by atoms with Crippen LogP contribution in [0.15, 0.2) is 24.5 Å². The molecule has 0 aliphatic carbocycles. The molecule has 4 heteroatoms. The number of H-pyrrole nitrogens is 1. The molecule has 0 aliphatic rings. The van der Waals surface area contributed by atoms with Crippen LogP contribution in [0.2, 0.25) is 0 Å². The molecule has 80 valence electrons. The molecule has 0 amide bonds.